The molecular formula is C19H21BrN2O2S2. The molecule has 0 bridgehead atoms. The summed E-state index contributed by atoms with van der Waals surface area (Å²) < 4.78 is 6.28. The Balaban J connectivity index is 1.84. The number of hydrogen-bond donors (Lipinski definition) is 2. The third kappa shape index (κ3) is 4.64. The zero-order chi connectivity index (χ0) is 18.5. The Hall–Kier alpha value is -1.44. The van der Waals surface area contributed by atoms with Crippen molar-refractivity contribution in [3.8, 4) is 0 Å². The van der Waals surface area contributed by atoms with Gasteiger partial charge in [-0.2, -0.15) is 0 Å². The third-order valence-electron chi connectivity index (χ3n) is 4.21. The first-order chi connectivity index (χ1) is 12.6. The second-order valence-electron chi connectivity index (χ2n) is 6.08. The van der Waals surface area contributed by atoms with Gasteiger partial charge in [-0.15, -0.1) is 11.3 Å². The van der Waals surface area contributed by atoms with Gasteiger partial charge in [0.1, 0.15) is 5.00 Å². The molecule has 0 aliphatic heterocycles. The zero-order valence-corrected chi connectivity index (χ0v) is 17.8. The number of anilines is 2. The fourth-order valence-electron chi connectivity index (χ4n) is 3.08. The van der Waals surface area contributed by atoms with Crippen LogP contribution in [-0.4, -0.2) is 17.7 Å². The van der Waals surface area contributed by atoms with E-state index in [0.717, 1.165) is 46.4 Å². The molecule has 26 heavy (non-hydrogen) atoms. The highest BCUT2D eigenvalue weighted by molar-refractivity contribution is 9.10. The van der Waals surface area contributed by atoms with Crippen molar-refractivity contribution in [2.24, 2.45) is 0 Å². The summed E-state index contributed by atoms with van der Waals surface area (Å²) >= 11 is 10.5. The number of carbonyl (C=O) groups is 1. The van der Waals surface area contributed by atoms with E-state index in [4.69, 9.17) is 17.0 Å². The average molecular weight is 453 g/mol. The average Bonchev–Trinajstić information content (AvgIpc) is 2.76. The highest BCUT2D eigenvalue weighted by Gasteiger charge is 2.26. The quantitative estimate of drug-likeness (QED) is 0.350. The minimum Gasteiger partial charge on any atom is -0.462 e. The lowest BCUT2D eigenvalue weighted by Gasteiger charge is -2.12. The number of halogens is 1. The Morgan fingerprint density at radius 2 is 2.08 bits per heavy atom. The first-order valence-electron chi connectivity index (χ1n) is 8.73. The number of fused-ring (bicyclic) bond motifs is 1. The van der Waals surface area contributed by atoms with E-state index in [0.29, 0.717) is 17.3 Å². The minimum atomic E-state index is -0.264. The zero-order valence-electron chi connectivity index (χ0n) is 14.6. The molecule has 7 heteroatoms. The molecule has 0 unspecified atom stereocenters. The lowest BCUT2D eigenvalue weighted by molar-refractivity contribution is 0.0527. The SMILES string of the molecule is CCOC(=O)c1c(NC(=S)Nc2cccc(Br)c2)sc2c1CCCCC2. The predicted octanol–water partition coefficient (Wildman–Crippen LogP) is 5.77. The van der Waals surface area contributed by atoms with Crippen LogP contribution in [0.3, 0.4) is 0 Å². The highest BCUT2D eigenvalue weighted by Crippen LogP contribution is 2.38. The van der Waals surface area contributed by atoms with Gasteiger partial charge < -0.3 is 15.4 Å². The second kappa shape index (κ2) is 8.97. The third-order valence-corrected chi connectivity index (χ3v) is 6.12. The van der Waals surface area contributed by atoms with Crippen LogP contribution in [-0.2, 0) is 17.6 Å². The van der Waals surface area contributed by atoms with Gasteiger partial charge in [0.05, 0.1) is 12.2 Å². The van der Waals surface area contributed by atoms with Gasteiger partial charge in [-0.3, -0.25) is 0 Å². The number of hydrogen-bond acceptors (Lipinski definition) is 4. The molecule has 138 valence electrons. The van der Waals surface area contributed by atoms with Crippen molar-refractivity contribution in [2.75, 3.05) is 17.2 Å². The molecule has 3 rings (SSSR count). The van der Waals surface area contributed by atoms with Crippen LogP contribution in [0.4, 0.5) is 10.7 Å². The number of thiocarbonyl (C=S) groups is 1. The van der Waals surface area contributed by atoms with Gasteiger partial charge in [0.15, 0.2) is 5.11 Å². The molecule has 0 amide bonds. The van der Waals surface area contributed by atoms with Gasteiger partial charge in [0.25, 0.3) is 0 Å². The fourth-order valence-corrected chi connectivity index (χ4v) is 5.05. The Kier molecular flexibility index (Phi) is 6.67. The molecule has 0 radical (unpaired) electrons. The van der Waals surface area contributed by atoms with Gasteiger partial charge >= 0.3 is 5.97 Å². The molecule has 0 saturated heterocycles. The molecular weight excluding hydrogens is 432 g/mol. The van der Waals surface area contributed by atoms with Crippen molar-refractivity contribution >= 4 is 61.3 Å². The number of thiophene rings is 1. The number of rotatable bonds is 4. The van der Waals surface area contributed by atoms with Crippen molar-refractivity contribution in [3.63, 3.8) is 0 Å². The minimum absolute atomic E-state index is 0.264. The van der Waals surface area contributed by atoms with Crippen molar-refractivity contribution in [3.05, 3.63) is 44.7 Å². The van der Waals surface area contributed by atoms with Crippen LogP contribution < -0.4 is 10.6 Å². The van der Waals surface area contributed by atoms with Crippen LogP contribution in [0.15, 0.2) is 28.7 Å². The van der Waals surface area contributed by atoms with Gasteiger partial charge in [-0.05, 0) is 68.6 Å². The van der Waals surface area contributed by atoms with E-state index in [1.807, 2.05) is 31.2 Å². The number of nitrogens with one attached hydrogen (secondary N) is 2. The normalized spacial score (nSPS) is 13.5. The maximum Gasteiger partial charge on any atom is 0.341 e. The van der Waals surface area contributed by atoms with Crippen molar-refractivity contribution in [1.82, 2.24) is 0 Å². The van der Waals surface area contributed by atoms with E-state index >= 15 is 0 Å². The van der Waals surface area contributed by atoms with Gasteiger partial charge in [0, 0.05) is 15.0 Å². The number of ether oxygens (including phenoxy) is 1. The number of carbonyl (C=O) groups excluding carboxylic acids is 1. The molecule has 1 aliphatic carbocycles. The van der Waals surface area contributed by atoms with Crippen molar-refractivity contribution < 1.29 is 9.53 Å². The van der Waals surface area contributed by atoms with Gasteiger partial charge in [-0.1, -0.05) is 28.4 Å². The topological polar surface area (TPSA) is 50.4 Å². The first kappa shape index (κ1) is 19.3. The summed E-state index contributed by atoms with van der Waals surface area (Å²) in [5.41, 5.74) is 2.68. The molecule has 2 aromatic rings. The van der Waals surface area contributed by atoms with Crippen LogP contribution in [0.2, 0.25) is 0 Å². The largest absolute Gasteiger partial charge is 0.462 e. The Labute approximate surface area is 171 Å². The molecule has 0 atom stereocenters. The fraction of sp³-hybridized carbons (Fsp3) is 0.368. The summed E-state index contributed by atoms with van der Waals surface area (Å²) in [6, 6.07) is 7.78. The number of benzene rings is 1. The van der Waals surface area contributed by atoms with E-state index < -0.39 is 0 Å². The van der Waals surface area contributed by atoms with Crippen molar-refractivity contribution in [1.29, 1.82) is 0 Å². The smallest absolute Gasteiger partial charge is 0.341 e. The van der Waals surface area contributed by atoms with Crippen LogP contribution >= 0.6 is 39.5 Å². The lowest BCUT2D eigenvalue weighted by Crippen LogP contribution is -2.20. The molecule has 4 nitrogen and oxygen atoms in total. The van der Waals surface area contributed by atoms with Gasteiger partial charge in [0.2, 0.25) is 0 Å². The van der Waals surface area contributed by atoms with Crippen molar-refractivity contribution in [2.45, 2.75) is 39.0 Å². The van der Waals surface area contributed by atoms with E-state index in [-0.39, 0.29) is 5.97 Å². The monoisotopic (exact) mass is 452 g/mol. The molecule has 1 aromatic heterocycles. The summed E-state index contributed by atoms with van der Waals surface area (Å²) in [7, 11) is 0. The first-order valence-corrected chi connectivity index (χ1v) is 10.8. The summed E-state index contributed by atoms with van der Waals surface area (Å²) in [4.78, 5) is 13.8. The summed E-state index contributed by atoms with van der Waals surface area (Å²) in [6.07, 6.45) is 5.41. The van der Waals surface area contributed by atoms with E-state index in [2.05, 4.69) is 26.6 Å². The Bertz CT molecular complexity index is 820. The van der Waals surface area contributed by atoms with E-state index in [1.54, 1.807) is 11.3 Å². The van der Waals surface area contributed by atoms with Gasteiger partial charge in [-0.25, -0.2) is 4.79 Å². The molecule has 0 fully saturated rings. The summed E-state index contributed by atoms with van der Waals surface area (Å²) in [6.45, 7) is 2.19. The summed E-state index contributed by atoms with van der Waals surface area (Å²) in [5, 5.41) is 7.63. The molecule has 0 saturated carbocycles. The molecule has 1 aromatic carbocycles. The standard InChI is InChI=1S/C19H21BrN2O2S2/c1-2-24-18(23)16-14-9-4-3-5-10-15(14)26-17(16)22-19(25)21-13-8-6-7-12(20)11-13/h6-8,11H,2-5,9-10H2,1H3,(H2,21,22,25). The van der Waals surface area contributed by atoms with Crippen LogP contribution in [0.25, 0.3) is 0 Å². The maximum atomic E-state index is 12.6. The Morgan fingerprint density at radius 3 is 2.85 bits per heavy atom. The molecule has 1 aliphatic rings. The maximum absolute atomic E-state index is 12.6. The highest BCUT2D eigenvalue weighted by atomic mass is 79.9. The number of aryl methyl sites for hydroxylation is 1. The predicted molar refractivity (Wildman–Crippen MR) is 116 cm³/mol. The van der Waals surface area contributed by atoms with Crippen LogP contribution in [0.1, 0.15) is 47.0 Å². The second-order valence-corrected chi connectivity index (χ2v) is 8.51. The molecule has 0 spiro atoms. The van der Waals surface area contributed by atoms with E-state index in [1.165, 1.54) is 11.3 Å². The molecule has 2 N–H and O–H groups in total. The lowest BCUT2D eigenvalue weighted by atomic mass is 10.1. The molecule has 1 heterocycles. The van der Waals surface area contributed by atoms with E-state index in [9.17, 15) is 4.79 Å². The van der Waals surface area contributed by atoms with Crippen LogP contribution in [0, 0.1) is 0 Å². The van der Waals surface area contributed by atoms with Crippen LogP contribution in [0.5, 0.6) is 0 Å². The Morgan fingerprint density at radius 1 is 1.27 bits per heavy atom. The summed E-state index contributed by atoms with van der Waals surface area (Å²) in [5.74, 6) is -0.264. The number of esters is 1.